The van der Waals surface area contributed by atoms with Crippen LogP contribution in [0.4, 0.5) is 0 Å². The van der Waals surface area contributed by atoms with Crippen molar-refractivity contribution < 1.29 is 0 Å². The van der Waals surface area contributed by atoms with Gasteiger partial charge in [0.1, 0.15) is 0 Å². The summed E-state index contributed by atoms with van der Waals surface area (Å²) in [6, 6.07) is 0. The molecule has 0 aliphatic carbocycles. The lowest BCUT2D eigenvalue weighted by atomic mass is 10.5. The van der Waals surface area contributed by atoms with Gasteiger partial charge in [0.05, 0.1) is 14.1 Å². The molecule has 60 valence electrons. The number of rotatable bonds is 2. The summed E-state index contributed by atoms with van der Waals surface area (Å²) < 4.78 is 0.929. The quantitative estimate of drug-likeness (QED) is 0.809. The van der Waals surface area contributed by atoms with Gasteiger partial charge in [0.25, 0.3) is 0 Å². The van der Waals surface area contributed by atoms with E-state index in [1.807, 2.05) is 11.5 Å². The van der Waals surface area contributed by atoms with Crippen molar-refractivity contribution in [1.29, 1.82) is 0 Å². The highest BCUT2D eigenvalue weighted by Crippen LogP contribution is 2.19. The Balaban J connectivity index is 2.81. The molecule has 0 bridgehead atoms. The molecule has 1 aromatic heterocycles. The van der Waals surface area contributed by atoms with Crippen LogP contribution in [0.2, 0.25) is 0 Å². The molecule has 1 nitrogen and oxygen atoms in total. The topological polar surface area (TPSA) is 12.9 Å². The fourth-order valence-electron chi connectivity index (χ4n) is 0.666. The molecule has 0 aromatic carbocycles. The zero-order valence-corrected chi connectivity index (χ0v) is 9.96. The Morgan fingerprint density at radius 1 is 1.73 bits per heavy atom. The molecule has 0 aliphatic heterocycles. The van der Waals surface area contributed by atoms with Gasteiger partial charge in [0, 0.05) is 5.38 Å². The summed E-state index contributed by atoms with van der Waals surface area (Å²) in [6.07, 6.45) is 2.95. The van der Waals surface area contributed by atoms with E-state index in [0.29, 0.717) is 0 Å². The first-order valence-electron chi connectivity index (χ1n) is 3.19. The number of aromatic nitrogens is 1. The third-order valence-electron chi connectivity index (χ3n) is 1.13. The third kappa shape index (κ3) is 3.05. The summed E-state index contributed by atoms with van der Waals surface area (Å²) in [5.41, 5.74) is 1.01. The first-order valence-corrected chi connectivity index (χ1v) is 5.66. The molecule has 0 atom stereocenters. The zero-order valence-electron chi connectivity index (χ0n) is 5.97. The molecule has 0 spiro atoms. The second-order valence-electron chi connectivity index (χ2n) is 1.95. The molecule has 0 saturated carbocycles. The molecule has 11 heavy (non-hydrogen) atoms. The van der Waals surface area contributed by atoms with Crippen LogP contribution < -0.4 is 0 Å². The van der Waals surface area contributed by atoms with E-state index < -0.39 is 0 Å². The highest BCUT2D eigenvalue weighted by molar-refractivity contribution is 9.28. The monoisotopic (exact) mass is 295 g/mol. The van der Waals surface area contributed by atoms with Gasteiger partial charge in [0.2, 0.25) is 0 Å². The summed E-state index contributed by atoms with van der Waals surface area (Å²) in [6.45, 7) is 2.11. The first-order chi connectivity index (χ1) is 5.22. The Bertz CT molecular complexity index is 263. The maximum Gasteiger partial charge on any atom is 0.0929 e. The van der Waals surface area contributed by atoms with Gasteiger partial charge in [-0.25, -0.2) is 4.98 Å². The van der Waals surface area contributed by atoms with Crippen molar-refractivity contribution in [3.63, 3.8) is 0 Å². The predicted molar refractivity (Wildman–Crippen MR) is 57.3 cm³/mol. The van der Waals surface area contributed by atoms with Crippen molar-refractivity contribution in [1.82, 2.24) is 4.98 Å². The number of thiazole rings is 1. The summed E-state index contributed by atoms with van der Waals surface area (Å²) in [5, 5.41) is 3.22. The van der Waals surface area contributed by atoms with Crippen LogP contribution in [-0.2, 0) is 6.42 Å². The van der Waals surface area contributed by atoms with Crippen molar-refractivity contribution >= 4 is 49.3 Å². The summed E-state index contributed by atoms with van der Waals surface area (Å²) in [7, 11) is 0. The van der Waals surface area contributed by atoms with E-state index in [0.717, 1.165) is 15.5 Å². The highest BCUT2D eigenvalue weighted by Gasteiger charge is 1.96. The number of hydrogen-bond donors (Lipinski definition) is 0. The molecule has 0 fully saturated rings. The van der Waals surface area contributed by atoms with Gasteiger partial charge in [-0.1, -0.05) is 6.92 Å². The predicted octanol–water partition coefficient (Wildman–Crippen LogP) is 3.79. The largest absolute Gasteiger partial charge is 0.242 e. The molecular weight excluding hydrogens is 290 g/mol. The van der Waals surface area contributed by atoms with Crippen LogP contribution in [0.15, 0.2) is 8.77 Å². The van der Waals surface area contributed by atoms with Crippen molar-refractivity contribution in [3.8, 4) is 0 Å². The van der Waals surface area contributed by atoms with Gasteiger partial charge in [-0.15, -0.1) is 11.3 Å². The minimum absolute atomic E-state index is 0.929. The first kappa shape index (κ1) is 9.42. The maximum absolute atomic E-state index is 4.35. The van der Waals surface area contributed by atoms with Gasteiger partial charge in [-0.3, -0.25) is 0 Å². The van der Waals surface area contributed by atoms with E-state index in [-0.39, 0.29) is 0 Å². The fourth-order valence-corrected chi connectivity index (χ4v) is 1.84. The highest BCUT2D eigenvalue weighted by atomic mass is 79.9. The number of halogens is 2. The minimum atomic E-state index is 0.929. The summed E-state index contributed by atoms with van der Waals surface area (Å²) >= 11 is 8.26. The van der Waals surface area contributed by atoms with E-state index >= 15 is 0 Å². The molecule has 1 heterocycles. The summed E-state index contributed by atoms with van der Waals surface area (Å²) in [5.74, 6) is 0. The lowest BCUT2D eigenvalue weighted by Crippen LogP contribution is -1.76. The average Bonchev–Trinajstić information content (AvgIpc) is 2.34. The Labute approximate surface area is 86.8 Å². The lowest BCUT2D eigenvalue weighted by molar-refractivity contribution is 1.09. The Hall–Kier alpha value is 0.330. The SMILES string of the molecule is CCc1nc(C=C(Br)Br)cs1. The molecule has 0 N–H and O–H groups in total. The minimum Gasteiger partial charge on any atom is -0.242 e. The molecule has 1 rings (SSSR count). The molecule has 0 saturated heterocycles. The molecule has 0 amide bonds. The Morgan fingerprint density at radius 3 is 2.91 bits per heavy atom. The van der Waals surface area contributed by atoms with Gasteiger partial charge in [0.15, 0.2) is 0 Å². The second kappa shape index (κ2) is 4.38. The van der Waals surface area contributed by atoms with Crippen LogP contribution in [0, 0.1) is 0 Å². The standard InChI is InChI=1S/C7H7Br2NS/c1-2-7-10-5(4-11-7)3-6(8)9/h3-4H,2H2,1H3. The molecule has 0 radical (unpaired) electrons. The van der Waals surface area contributed by atoms with Gasteiger partial charge in [-0.2, -0.15) is 0 Å². The zero-order chi connectivity index (χ0) is 8.27. The second-order valence-corrected chi connectivity index (χ2v) is 5.67. The molecule has 1 aromatic rings. The van der Waals surface area contributed by atoms with E-state index in [9.17, 15) is 0 Å². The van der Waals surface area contributed by atoms with Crippen molar-refractivity contribution in [2.75, 3.05) is 0 Å². The number of hydrogen-bond acceptors (Lipinski definition) is 2. The average molecular weight is 297 g/mol. The Kier molecular flexibility index (Phi) is 3.75. The van der Waals surface area contributed by atoms with E-state index in [1.165, 1.54) is 5.01 Å². The fraction of sp³-hybridized carbons (Fsp3) is 0.286. The lowest BCUT2D eigenvalue weighted by Gasteiger charge is -1.83. The van der Waals surface area contributed by atoms with Crippen LogP contribution in [0.25, 0.3) is 6.08 Å². The normalized spacial score (nSPS) is 9.73. The van der Waals surface area contributed by atoms with Crippen LogP contribution in [0.1, 0.15) is 17.6 Å². The van der Waals surface area contributed by atoms with Crippen molar-refractivity contribution in [3.05, 3.63) is 19.5 Å². The summed E-state index contributed by atoms with van der Waals surface area (Å²) in [4.78, 5) is 4.35. The number of aryl methyl sites for hydroxylation is 1. The molecule has 4 heteroatoms. The van der Waals surface area contributed by atoms with E-state index in [2.05, 4.69) is 43.8 Å². The maximum atomic E-state index is 4.35. The van der Waals surface area contributed by atoms with Crippen molar-refractivity contribution in [2.45, 2.75) is 13.3 Å². The van der Waals surface area contributed by atoms with Crippen LogP contribution >= 0.6 is 43.2 Å². The molecule has 0 aliphatic rings. The van der Waals surface area contributed by atoms with E-state index in [4.69, 9.17) is 0 Å². The van der Waals surface area contributed by atoms with Crippen LogP contribution in [0.3, 0.4) is 0 Å². The van der Waals surface area contributed by atoms with Gasteiger partial charge < -0.3 is 0 Å². The van der Waals surface area contributed by atoms with E-state index in [1.54, 1.807) is 11.3 Å². The Morgan fingerprint density at radius 2 is 2.45 bits per heavy atom. The smallest absolute Gasteiger partial charge is 0.0929 e. The molecule has 0 unspecified atom stereocenters. The van der Waals surface area contributed by atoms with Crippen LogP contribution in [0.5, 0.6) is 0 Å². The van der Waals surface area contributed by atoms with Gasteiger partial charge >= 0.3 is 0 Å². The van der Waals surface area contributed by atoms with Gasteiger partial charge in [-0.05, 0) is 44.4 Å². The number of nitrogens with zero attached hydrogens (tertiary/aromatic N) is 1. The van der Waals surface area contributed by atoms with Crippen molar-refractivity contribution in [2.24, 2.45) is 0 Å². The third-order valence-corrected chi connectivity index (χ3v) is 2.60. The molecular formula is C7H7Br2NS. The van der Waals surface area contributed by atoms with Crippen LogP contribution in [-0.4, -0.2) is 4.98 Å².